The number of carbonyl (C=O) groups excluding carboxylic acids is 1. The molecule has 0 heterocycles. The van der Waals surface area contributed by atoms with Gasteiger partial charge in [-0.15, -0.1) is 0 Å². The number of rotatable bonds is 6. The Bertz CT molecular complexity index is 405. The molecular weight excluding hydrogens is 231 g/mol. The lowest BCUT2D eigenvalue weighted by molar-refractivity contribution is -0.121. The van der Waals surface area contributed by atoms with Crippen LogP contribution in [0, 0.1) is 5.82 Å². The SMILES string of the molecule is CCCCC(=O)NCc1ccc(N(C)C)c(F)c1. The summed E-state index contributed by atoms with van der Waals surface area (Å²) in [5, 5.41) is 2.79. The monoisotopic (exact) mass is 252 g/mol. The van der Waals surface area contributed by atoms with Gasteiger partial charge in [-0.1, -0.05) is 19.4 Å². The van der Waals surface area contributed by atoms with Crippen LogP contribution in [0.5, 0.6) is 0 Å². The zero-order chi connectivity index (χ0) is 13.5. The first-order chi connectivity index (χ1) is 8.54. The standard InChI is InChI=1S/C14H21FN2O/c1-4-5-6-14(18)16-10-11-7-8-13(17(2)3)12(15)9-11/h7-9H,4-6,10H2,1-3H3,(H,16,18). The molecule has 0 bridgehead atoms. The molecule has 1 aromatic carbocycles. The summed E-state index contributed by atoms with van der Waals surface area (Å²) in [6, 6.07) is 5.02. The summed E-state index contributed by atoms with van der Waals surface area (Å²) >= 11 is 0. The van der Waals surface area contributed by atoms with Gasteiger partial charge in [0.1, 0.15) is 5.82 Å². The van der Waals surface area contributed by atoms with Crippen molar-refractivity contribution in [3.8, 4) is 0 Å². The molecule has 1 amide bonds. The van der Waals surface area contributed by atoms with E-state index in [1.165, 1.54) is 6.07 Å². The third-order valence-corrected chi connectivity index (χ3v) is 2.74. The molecule has 0 saturated carbocycles. The van der Waals surface area contributed by atoms with Crippen molar-refractivity contribution in [2.75, 3.05) is 19.0 Å². The van der Waals surface area contributed by atoms with E-state index in [0.29, 0.717) is 18.7 Å². The highest BCUT2D eigenvalue weighted by Crippen LogP contribution is 2.18. The van der Waals surface area contributed by atoms with Crippen LogP contribution in [0.4, 0.5) is 10.1 Å². The lowest BCUT2D eigenvalue weighted by Crippen LogP contribution is -2.22. The summed E-state index contributed by atoms with van der Waals surface area (Å²) in [6.45, 7) is 2.43. The van der Waals surface area contributed by atoms with Crippen LogP contribution in [-0.2, 0) is 11.3 Å². The molecule has 1 aromatic rings. The number of benzene rings is 1. The molecule has 3 nitrogen and oxygen atoms in total. The summed E-state index contributed by atoms with van der Waals surface area (Å²) in [7, 11) is 3.59. The summed E-state index contributed by atoms with van der Waals surface area (Å²) in [4.78, 5) is 13.1. The van der Waals surface area contributed by atoms with E-state index >= 15 is 0 Å². The number of hydrogen-bond acceptors (Lipinski definition) is 2. The Balaban J connectivity index is 2.53. The van der Waals surface area contributed by atoms with E-state index in [1.54, 1.807) is 25.1 Å². The highest BCUT2D eigenvalue weighted by atomic mass is 19.1. The summed E-state index contributed by atoms with van der Waals surface area (Å²) < 4.78 is 13.7. The smallest absolute Gasteiger partial charge is 0.220 e. The van der Waals surface area contributed by atoms with Crippen molar-refractivity contribution in [2.45, 2.75) is 32.7 Å². The number of nitrogens with one attached hydrogen (secondary N) is 1. The molecule has 0 atom stereocenters. The van der Waals surface area contributed by atoms with Crippen molar-refractivity contribution in [2.24, 2.45) is 0 Å². The molecule has 1 N–H and O–H groups in total. The van der Waals surface area contributed by atoms with Crippen molar-refractivity contribution in [3.05, 3.63) is 29.6 Å². The van der Waals surface area contributed by atoms with Crippen LogP contribution < -0.4 is 10.2 Å². The van der Waals surface area contributed by atoms with Gasteiger partial charge in [-0.2, -0.15) is 0 Å². The zero-order valence-electron chi connectivity index (χ0n) is 11.3. The lowest BCUT2D eigenvalue weighted by Gasteiger charge is -2.14. The average molecular weight is 252 g/mol. The fourth-order valence-electron chi connectivity index (χ4n) is 1.65. The normalized spacial score (nSPS) is 10.2. The van der Waals surface area contributed by atoms with E-state index in [-0.39, 0.29) is 11.7 Å². The van der Waals surface area contributed by atoms with Crippen LogP contribution in [-0.4, -0.2) is 20.0 Å². The minimum Gasteiger partial charge on any atom is -0.375 e. The molecule has 0 saturated heterocycles. The number of anilines is 1. The number of nitrogens with zero attached hydrogens (tertiary/aromatic N) is 1. The van der Waals surface area contributed by atoms with Gasteiger partial charge in [0, 0.05) is 27.1 Å². The van der Waals surface area contributed by atoms with E-state index in [9.17, 15) is 9.18 Å². The predicted molar refractivity (Wildman–Crippen MR) is 72.1 cm³/mol. The second-order valence-electron chi connectivity index (χ2n) is 4.56. The molecule has 0 radical (unpaired) electrons. The third kappa shape index (κ3) is 4.35. The zero-order valence-corrected chi connectivity index (χ0v) is 11.3. The van der Waals surface area contributed by atoms with Crippen molar-refractivity contribution >= 4 is 11.6 Å². The Morgan fingerprint density at radius 1 is 1.39 bits per heavy atom. The van der Waals surface area contributed by atoms with Crippen LogP contribution in [0.1, 0.15) is 31.7 Å². The van der Waals surface area contributed by atoms with Gasteiger partial charge in [0.2, 0.25) is 5.91 Å². The van der Waals surface area contributed by atoms with Gasteiger partial charge in [0.15, 0.2) is 0 Å². The average Bonchev–Trinajstić information content (AvgIpc) is 2.33. The first-order valence-electron chi connectivity index (χ1n) is 6.27. The van der Waals surface area contributed by atoms with Crippen molar-refractivity contribution in [3.63, 3.8) is 0 Å². The molecule has 18 heavy (non-hydrogen) atoms. The van der Waals surface area contributed by atoms with Crippen molar-refractivity contribution < 1.29 is 9.18 Å². The summed E-state index contributed by atoms with van der Waals surface area (Å²) in [5.41, 5.74) is 1.33. The van der Waals surface area contributed by atoms with E-state index in [2.05, 4.69) is 5.32 Å². The fourth-order valence-corrected chi connectivity index (χ4v) is 1.65. The maximum atomic E-state index is 13.7. The van der Waals surface area contributed by atoms with Gasteiger partial charge in [0.05, 0.1) is 5.69 Å². The number of unbranched alkanes of at least 4 members (excludes halogenated alkanes) is 1. The Morgan fingerprint density at radius 2 is 2.11 bits per heavy atom. The van der Waals surface area contributed by atoms with E-state index in [0.717, 1.165) is 18.4 Å². The van der Waals surface area contributed by atoms with Gasteiger partial charge < -0.3 is 10.2 Å². The molecule has 1 rings (SSSR count). The molecule has 0 fully saturated rings. The van der Waals surface area contributed by atoms with Crippen LogP contribution in [0.15, 0.2) is 18.2 Å². The molecule has 0 unspecified atom stereocenters. The third-order valence-electron chi connectivity index (χ3n) is 2.74. The predicted octanol–water partition coefficient (Wildman–Crippen LogP) is 2.70. The topological polar surface area (TPSA) is 32.3 Å². The van der Waals surface area contributed by atoms with Gasteiger partial charge in [0.25, 0.3) is 0 Å². The second-order valence-corrected chi connectivity index (χ2v) is 4.56. The van der Waals surface area contributed by atoms with E-state index in [4.69, 9.17) is 0 Å². The number of carbonyl (C=O) groups is 1. The first kappa shape index (κ1) is 14.5. The number of halogens is 1. The molecular formula is C14H21FN2O. The van der Waals surface area contributed by atoms with Crippen LogP contribution in [0.25, 0.3) is 0 Å². The van der Waals surface area contributed by atoms with Crippen molar-refractivity contribution in [1.29, 1.82) is 0 Å². The molecule has 0 aromatic heterocycles. The quantitative estimate of drug-likeness (QED) is 0.844. The lowest BCUT2D eigenvalue weighted by atomic mass is 10.2. The highest BCUT2D eigenvalue weighted by molar-refractivity contribution is 5.75. The highest BCUT2D eigenvalue weighted by Gasteiger charge is 2.06. The van der Waals surface area contributed by atoms with Crippen LogP contribution in [0.3, 0.4) is 0 Å². The maximum Gasteiger partial charge on any atom is 0.220 e. The minimum atomic E-state index is -0.264. The summed E-state index contributed by atoms with van der Waals surface area (Å²) in [6.07, 6.45) is 2.42. The van der Waals surface area contributed by atoms with Gasteiger partial charge >= 0.3 is 0 Å². The molecule has 0 aliphatic rings. The second kappa shape index (κ2) is 6.99. The van der Waals surface area contributed by atoms with Crippen LogP contribution >= 0.6 is 0 Å². The molecule has 0 aliphatic carbocycles. The first-order valence-corrected chi connectivity index (χ1v) is 6.27. The summed E-state index contributed by atoms with van der Waals surface area (Å²) in [5.74, 6) is -0.241. The Kier molecular flexibility index (Phi) is 5.62. The number of amides is 1. The Hall–Kier alpha value is -1.58. The molecule has 4 heteroatoms. The Labute approximate surface area is 108 Å². The van der Waals surface area contributed by atoms with E-state index in [1.807, 2.05) is 13.0 Å². The fraction of sp³-hybridized carbons (Fsp3) is 0.500. The molecule has 100 valence electrons. The van der Waals surface area contributed by atoms with Gasteiger partial charge in [-0.3, -0.25) is 4.79 Å². The molecule has 0 spiro atoms. The molecule has 0 aliphatic heterocycles. The van der Waals surface area contributed by atoms with E-state index < -0.39 is 0 Å². The Morgan fingerprint density at radius 3 is 2.67 bits per heavy atom. The van der Waals surface area contributed by atoms with Crippen LogP contribution in [0.2, 0.25) is 0 Å². The largest absolute Gasteiger partial charge is 0.375 e. The minimum absolute atomic E-state index is 0.0222. The van der Waals surface area contributed by atoms with Gasteiger partial charge in [-0.25, -0.2) is 4.39 Å². The maximum absolute atomic E-state index is 13.7. The number of hydrogen-bond donors (Lipinski definition) is 1. The van der Waals surface area contributed by atoms with Gasteiger partial charge in [-0.05, 0) is 24.1 Å². The van der Waals surface area contributed by atoms with Crippen molar-refractivity contribution in [1.82, 2.24) is 5.32 Å².